The molecule has 5 heteroatoms. The first kappa shape index (κ1) is 16.8. The third-order valence-corrected chi connectivity index (χ3v) is 5.34. The Labute approximate surface area is 145 Å². The SMILES string of the molecule is CC(C)(C)OC(=O)N1CCC2(C1)CC(O)(c1ccc(Br)cc1)C2. The first-order valence-corrected chi connectivity index (χ1v) is 8.87. The molecule has 4 nitrogen and oxygen atoms in total. The highest BCUT2D eigenvalue weighted by molar-refractivity contribution is 9.10. The number of likely N-dealkylation sites (tertiary alicyclic amines) is 1. The number of rotatable bonds is 1. The number of ether oxygens (including phenoxy) is 1. The lowest BCUT2D eigenvalue weighted by molar-refractivity contribution is -0.130. The van der Waals surface area contributed by atoms with E-state index < -0.39 is 11.2 Å². The van der Waals surface area contributed by atoms with Gasteiger partial charge in [0, 0.05) is 17.6 Å². The number of aliphatic hydroxyl groups is 1. The van der Waals surface area contributed by atoms with Gasteiger partial charge in [-0.2, -0.15) is 0 Å². The molecule has 1 aliphatic carbocycles. The summed E-state index contributed by atoms with van der Waals surface area (Å²) < 4.78 is 6.46. The third kappa shape index (κ3) is 3.41. The second-order valence-electron chi connectivity index (χ2n) is 8.04. The molecule has 1 aromatic rings. The molecule has 1 saturated heterocycles. The van der Waals surface area contributed by atoms with Crippen molar-refractivity contribution in [3.05, 3.63) is 34.3 Å². The number of halogens is 1. The minimum Gasteiger partial charge on any atom is -0.444 e. The van der Waals surface area contributed by atoms with Crippen molar-refractivity contribution in [2.75, 3.05) is 13.1 Å². The van der Waals surface area contributed by atoms with Gasteiger partial charge in [0.2, 0.25) is 0 Å². The molecular formula is C18H24BrNO3. The Morgan fingerprint density at radius 2 is 1.87 bits per heavy atom. The Morgan fingerprint density at radius 3 is 2.43 bits per heavy atom. The highest BCUT2D eigenvalue weighted by Crippen LogP contribution is 2.58. The third-order valence-electron chi connectivity index (χ3n) is 4.81. The minimum absolute atomic E-state index is 0.0404. The van der Waals surface area contributed by atoms with Crippen molar-refractivity contribution in [1.29, 1.82) is 0 Å². The quantitative estimate of drug-likeness (QED) is 0.797. The van der Waals surface area contributed by atoms with Gasteiger partial charge in [-0.1, -0.05) is 28.1 Å². The van der Waals surface area contributed by atoms with Crippen LogP contribution in [0.3, 0.4) is 0 Å². The Kier molecular flexibility index (Phi) is 4.00. The van der Waals surface area contributed by atoms with E-state index in [0.29, 0.717) is 25.9 Å². The van der Waals surface area contributed by atoms with Crippen LogP contribution in [0.5, 0.6) is 0 Å². The molecule has 1 amide bonds. The lowest BCUT2D eigenvalue weighted by atomic mass is 9.56. The van der Waals surface area contributed by atoms with Gasteiger partial charge >= 0.3 is 6.09 Å². The molecule has 0 atom stereocenters. The van der Waals surface area contributed by atoms with Gasteiger partial charge in [0.1, 0.15) is 5.60 Å². The number of nitrogens with zero attached hydrogens (tertiary/aromatic N) is 1. The Bertz CT molecular complexity index is 600. The summed E-state index contributed by atoms with van der Waals surface area (Å²) in [6.45, 7) is 7.04. The van der Waals surface area contributed by atoms with E-state index in [2.05, 4.69) is 15.9 Å². The molecule has 1 aliphatic heterocycles. The monoisotopic (exact) mass is 381 g/mol. The van der Waals surface area contributed by atoms with E-state index in [9.17, 15) is 9.90 Å². The molecule has 1 spiro atoms. The molecule has 23 heavy (non-hydrogen) atoms. The summed E-state index contributed by atoms with van der Waals surface area (Å²) in [6.07, 6.45) is 2.11. The van der Waals surface area contributed by atoms with Crippen molar-refractivity contribution in [2.24, 2.45) is 5.41 Å². The van der Waals surface area contributed by atoms with Crippen LogP contribution in [0.4, 0.5) is 4.79 Å². The predicted octanol–water partition coefficient (Wildman–Crippen LogP) is 4.06. The van der Waals surface area contributed by atoms with E-state index in [1.54, 1.807) is 4.90 Å². The number of carbonyl (C=O) groups excluding carboxylic acids is 1. The van der Waals surface area contributed by atoms with Gasteiger partial charge < -0.3 is 14.7 Å². The molecule has 1 aromatic carbocycles. The van der Waals surface area contributed by atoms with Gasteiger partial charge in [-0.25, -0.2) is 4.79 Å². The number of hydrogen-bond donors (Lipinski definition) is 1. The summed E-state index contributed by atoms with van der Waals surface area (Å²) >= 11 is 3.42. The van der Waals surface area contributed by atoms with Crippen LogP contribution in [0.15, 0.2) is 28.7 Å². The molecule has 0 bridgehead atoms. The molecule has 1 saturated carbocycles. The number of benzene rings is 1. The lowest BCUT2D eigenvalue weighted by Crippen LogP contribution is -2.51. The summed E-state index contributed by atoms with van der Waals surface area (Å²) in [6, 6.07) is 7.86. The van der Waals surface area contributed by atoms with Crippen LogP contribution < -0.4 is 0 Å². The zero-order valence-corrected chi connectivity index (χ0v) is 15.5. The molecule has 2 fully saturated rings. The topological polar surface area (TPSA) is 49.8 Å². The summed E-state index contributed by atoms with van der Waals surface area (Å²) in [5.74, 6) is 0. The van der Waals surface area contributed by atoms with E-state index in [0.717, 1.165) is 16.5 Å². The zero-order chi connectivity index (χ0) is 16.9. The molecule has 1 N–H and O–H groups in total. The van der Waals surface area contributed by atoms with Crippen LogP contribution in [-0.4, -0.2) is 34.8 Å². The van der Waals surface area contributed by atoms with E-state index in [4.69, 9.17) is 4.74 Å². The van der Waals surface area contributed by atoms with Crippen molar-refractivity contribution < 1.29 is 14.6 Å². The summed E-state index contributed by atoms with van der Waals surface area (Å²) in [5, 5.41) is 10.9. The fourth-order valence-electron chi connectivity index (χ4n) is 3.86. The molecule has 0 unspecified atom stereocenters. The van der Waals surface area contributed by atoms with Crippen LogP contribution in [0.2, 0.25) is 0 Å². The van der Waals surface area contributed by atoms with Gasteiger partial charge in [-0.3, -0.25) is 0 Å². The molecule has 3 rings (SSSR count). The van der Waals surface area contributed by atoms with Crippen LogP contribution in [0, 0.1) is 5.41 Å². The lowest BCUT2D eigenvalue weighted by Gasteiger charge is -2.51. The Morgan fingerprint density at radius 1 is 1.26 bits per heavy atom. The summed E-state index contributed by atoms with van der Waals surface area (Å²) in [4.78, 5) is 14.0. The highest BCUT2D eigenvalue weighted by Gasteiger charge is 2.57. The largest absolute Gasteiger partial charge is 0.444 e. The highest BCUT2D eigenvalue weighted by atomic mass is 79.9. The van der Waals surface area contributed by atoms with Crippen molar-refractivity contribution in [2.45, 2.75) is 51.2 Å². The fourth-order valence-corrected chi connectivity index (χ4v) is 4.12. The Hall–Kier alpha value is -1.07. The second kappa shape index (κ2) is 5.49. The summed E-state index contributed by atoms with van der Waals surface area (Å²) in [5.41, 5.74) is -0.226. The predicted molar refractivity (Wildman–Crippen MR) is 92.1 cm³/mol. The van der Waals surface area contributed by atoms with Crippen LogP contribution in [0.25, 0.3) is 0 Å². The first-order valence-electron chi connectivity index (χ1n) is 8.07. The normalized spacial score (nSPS) is 30.4. The maximum absolute atomic E-state index is 12.2. The number of carbonyl (C=O) groups is 1. The second-order valence-corrected chi connectivity index (χ2v) is 8.96. The maximum Gasteiger partial charge on any atom is 0.410 e. The molecule has 126 valence electrons. The molecule has 2 aliphatic rings. The van der Waals surface area contributed by atoms with Crippen molar-refractivity contribution >= 4 is 22.0 Å². The Balaban J connectivity index is 1.62. The maximum atomic E-state index is 12.2. The van der Waals surface area contributed by atoms with Crippen molar-refractivity contribution in [3.63, 3.8) is 0 Å². The molecule has 1 heterocycles. The van der Waals surface area contributed by atoms with E-state index in [1.165, 1.54) is 0 Å². The fraction of sp³-hybridized carbons (Fsp3) is 0.611. The van der Waals surface area contributed by atoms with E-state index in [1.807, 2.05) is 45.0 Å². The molecule has 0 radical (unpaired) electrons. The summed E-state index contributed by atoms with van der Waals surface area (Å²) in [7, 11) is 0. The van der Waals surface area contributed by atoms with Crippen LogP contribution in [-0.2, 0) is 10.3 Å². The number of amides is 1. The van der Waals surface area contributed by atoms with E-state index >= 15 is 0 Å². The smallest absolute Gasteiger partial charge is 0.410 e. The first-order chi connectivity index (χ1) is 10.6. The van der Waals surface area contributed by atoms with Crippen LogP contribution >= 0.6 is 15.9 Å². The van der Waals surface area contributed by atoms with Gasteiger partial charge in [0.25, 0.3) is 0 Å². The van der Waals surface area contributed by atoms with E-state index in [-0.39, 0.29) is 11.5 Å². The van der Waals surface area contributed by atoms with Crippen molar-refractivity contribution in [3.8, 4) is 0 Å². The average Bonchev–Trinajstić information content (AvgIpc) is 2.81. The average molecular weight is 382 g/mol. The van der Waals surface area contributed by atoms with Crippen molar-refractivity contribution in [1.82, 2.24) is 4.90 Å². The van der Waals surface area contributed by atoms with Gasteiger partial charge in [0.05, 0.1) is 5.60 Å². The van der Waals surface area contributed by atoms with Crippen LogP contribution in [0.1, 0.15) is 45.6 Å². The molecule has 0 aromatic heterocycles. The van der Waals surface area contributed by atoms with Gasteiger partial charge in [-0.05, 0) is 63.1 Å². The number of hydrogen-bond acceptors (Lipinski definition) is 3. The van der Waals surface area contributed by atoms with Gasteiger partial charge in [0.15, 0.2) is 0 Å². The standard InChI is InChI=1S/C18H24BrNO3/c1-16(2,3)23-15(21)20-9-8-17(12-20)10-18(22,11-17)13-4-6-14(19)7-5-13/h4-7,22H,8-12H2,1-3H3. The zero-order valence-electron chi connectivity index (χ0n) is 13.9. The minimum atomic E-state index is -0.759. The molecular weight excluding hydrogens is 358 g/mol. The van der Waals surface area contributed by atoms with Gasteiger partial charge in [-0.15, -0.1) is 0 Å².